The highest BCUT2D eigenvalue weighted by Crippen LogP contribution is 2.25. The third kappa shape index (κ3) is 2.48. The zero-order valence-corrected chi connectivity index (χ0v) is 11.4. The Kier molecular flexibility index (Phi) is 3.47. The van der Waals surface area contributed by atoms with Crippen molar-refractivity contribution in [3.8, 4) is 0 Å². The van der Waals surface area contributed by atoms with Crippen molar-refractivity contribution in [2.75, 3.05) is 13.1 Å². The van der Waals surface area contributed by atoms with E-state index < -0.39 is 10.0 Å². The molecule has 1 aromatic heterocycles. The summed E-state index contributed by atoms with van der Waals surface area (Å²) in [6.07, 6.45) is 3.70. The zero-order chi connectivity index (χ0) is 12.6. The van der Waals surface area contributed by atoms with Crippen LogP contribution in [0.3, 0.4) is 0 Å². The normalized spacial score (nSPS) is 27.2. The molecule has 0 saturated carbocycles. The summed E-state index contributed by atoms with van der Waals surface area (Å²) in [7, 11) is -1.71. The van der Waals surface area contributed by atoms with E-state index in [1.54, 1.807) is 11.6 Å². The molecule has 7 heteroatoms. The van der Waals surface area contributed by atoms with Crippen molar-refractivity contribution < 1.29 is 8.42 Å². The number of hydrogen-bond donors (Lipinski definition) is 0. The van der Waals surface area contributed by atoms with E-state index >= 15 is 0 Å². The lowest BCUT2D eigenvalue weighted by Crippen LogP contribution is -2.43. The van der Waals surface area contributed by atoms with Crippen LogP contribution in [-0.4, -0.2) is 40.7 Å². The predicted molar refractivity (Wildman–Crippen MR) is 65.4 cm³/mol. The highest BCUT2D eigenvalue weighted by atomic mass is 35.5. The first kappa shape index (κ1) is 12.9. The van der Waals surface area contributed by atoms with Crippen molar-refractivity contribution in [3.63, 3.8) is 0 Å². The van der Waals surface area contributed by atoms with Gasteiger partial charge in [0.15, 0.2) is 5.03 Å². The van der Waals surface area contributed by atoms with Gasteiger partial charge in [0, 0.05) is 31.7 Å². The van der Waals surface area contributed by atoms with Crippen molar-refractivity contribution >= 4 is 21.6 Å². The van der Waals surface area contributed by atoms with Gasteiger partial charge >= 0.3 is 0 Å². The van der Waals surface area contributed by atoms with Gasteiger partial charge in [0.05, 0.1) is 6.33 Å². The fourth-order valence-corrected chi connectivity index (χ4v) is 3.65. The van der Waals surface area contributed by atoms with E-state index in [0.29, 0.717) is 19.5 Å². The second-order valence-electron chi connectivity index (χ2n) is 4.52. The summed E-state index contributed by atoms with van der Waals surface area (Å²) in [5, 5.41) is 0.172. The molecule has 1 aliphatic rings. The maximum absolute atomic E-state index is 12.3. The fraction of sp³-hybridized carbons (Fsp3) is 0.700. The first-order valence-electron chi connectivity index (χ1n) is 5.53. The molecular formula is C10H16ClN3O2S. The molecule has 0 aliphatic carbocycles. The standard InChI is InChI=1S/C10H16ClN3O2S/c1-8-5-14(4-3-9(8)11)17(15,16)10-6-13(2)7-12-10/h6-9H,3-5H2,1-2H3. The predicted octanol–water partition coefficient (Wildman–Crippen LogP) is 1.06. The minimum Gasteiger partial charge on any atom is -0.339 e. The SMILES string of the molecule is CC1CN(S(=O)(=O)c2cn(C)cn2)CCC1Cl. The minimum absolute atomic E-state index is 0.0604. The number of piperidine rings is 1. The number of rotatable bonds is 2. The smallest absolute Gasteiger partial charge is 0.262 e. The Hall–Kier alpha value is -0.590. The fourth-order valence-electron chi connectivity index (χ4n) is 1.95. The molecule has 96 valence electrons. The monoisotopic (exact) mass is 277 g/mol. The maximum atomic E-state index is 12.3. The summed E-state index contributed by atoms with van der Waals surface area (Å²) in [6, 6.07) is 0. The summed E-state index contributed by atoms with van der Waals surface area (Å²) in [6.45, 7) is 2.91. The van der Waals surface area contributed by atoms with Gasteiger partial charge in [-0.25, -0.2) is 13.4 Å². The third-order valence-corrected chi connectivity index (χ3v) is 5.45. The van der Waals surface area contributed by atoms with Gasteiger partial charge in [0.1, 0.15) is 0 Å². The molecule has 2 unspecified atom stereocenters. The Bertz CT molecular complexity index is 499. The van der Waals surface area contributed by atoms with Crippen LogP contribution in [0.2, 0.25) is 0 Å². The molecule has 0 bridgehead atoms. The summed E-state index contributed by atoms with van der Waals surface area (Å²) in [5.74, 6) is 0.170. The Morgan fingerprint density at radius 2 is 2.24 bits per heavy atom. The zero-order valence-electron chi connectivity index (χ0n) is 9.88. The van der Waals surface area contributed by atoms with Gasteiger partial charge in [-0.05, 0) is 12.3 Å². The number of imidazole rings is 1. The van der Waals surface area contributed by atoms with Crippen LogP contribution in [-0.2, 0) is 17.1 Å². The minimum atomic E-state index is -3.45. The molecule has 17 heavy (non-hydrogen) atoms. The number of alkyl halides is 1. The van der Waals surface area contributed by atoms with Crippen molar-refractivity contribution in [1.82, 2.24) is 13.9 Å². The summed E-state index contributed by atoms with van der Waals surface area (Å²) >= 11 is 6.09. The average Bonchev–Trinajstić information content (AvgIpc) is 2.69. The molecule has 2 atom stereocenters. The number of sulfonamides is 1. The second kappa shape index (κ2) is 4.59. The molecule has 2 rings (SSSR count). The van der Waals surface area contributed by atoms with Crippen LogP contribution < -0.4 is 0 Å². The molecule has 1 fully saturated rings. The van der Waals surface area contributed by atoms with Crippen LogP contribution in [0.5, 0.6) is 0 Å². The molecule has 0 spiro atoms. The Balaban J connectivity index is 2.22. The molecule has 1 aromatic rings. The van der Waals surface area contributed by atoms with E-state index in [9.17, 15) is 8.42 Å². The highest BCUT2D eigenvalue weighted by molar-refractivity contribution is 7.89. The van der Waals surface area contributed by atoms with Crippen LogP contribution in [0, 0.1) is 5.92 Å². The lowest BCUT2D eigenvalue weighted by molar-refractivity contribution is 0.285. The van der Waals surface area contributed by atoms with Gasteiger partial charge < -0.3 is 4.57 Å². The first-order valence-corrected chi connectivity index (χ1v) is 7.41. The lowest BCUT2D eigenvalue weighted by atomic mass is 10.0. The molecular weight excluding hydrogens is 262 g/mol. The molecule has 0 amide bonds. The summed E-state index contributed by atoms with van der Waals surface area (Å²) in [5.41, 5.74) is 0. The van der Waals surface area contributed by atoms with Crippen LogP contribution >= 0.6 is 11.6 Å². The maximum Gasteiger partial charge on any atom is 0.262 e. The van der Waals surface area contributed by atoms with Gasteiger partial charge in [0.25, 0.3) is 10.0 Å². The van der Waals surface area contributed by atoms with E-state index in [4.69, 9.17) is 11.6 Å². The number of nitrogens with zero attached hydrogens (tertiary/aromatic N) is 3. The quantitative estimate of drug-likeness (QED) is 0.760. The van der Waals surface area contributed by atoms with Crippen molar-refractivity contribution in [1.29, 1.82) is 0 Å². The Morgan fingerprint density at radius 1 is 1.53 bits per heavy atom. The van der Waals surface area contributed by atoms with E-state index in [0.717, 1.165) is 0 Å². The molecule has 5 nitrogen and oxygen atoms in total. The van der Waals surface area contributed by atoms with Crippen LogP contribution in [0.4, 0.5) is 0 Å². The van der Waals surface area contributed by atoms with Crippen LogP contribution in [0.15, 0.2) is 17.6 Å². The highest BCUT2D eigenvalue weighted by Gasteiger charge is 2.33. The summed E-state index contributed by atoms with van der Waals surface area (Å²) < 4.78 is 27.6. The molecule has 2 heterocycles. The topological polar surface area (TPSA) is 55.2 Å². The van der Waals surface area contributed by atoms with E-state index in [-0.39, 0.29) is 16.3 Å². The van der Waals surface area contributed by atoms with Gasteiger partial charge in [-0.1, -0.05) is 6.92 Å². The first-order chi connectivity index (χ1) is 7.91. The van der Waals surface area contributed by atoms with Gasteiger partial charge in [-0.3, -0.25) is 0 Å². The van der Waals surface area contributed by atoms with E-state index in [1.165, 1.54) is 16.8 Å². The van der Waals surface area contributed by atoms with Gasteiger partial charge in [-0.2, -0.15) is 4.31 Å². The van der Waals surface area contributed by atoms with E-state index in [2.05, 4.69) is 4.98 Å². The lowest BCUT2D eigenvalue weighted by Gasteiger charge is -2.32. The molecule has 1 aliphatic heterocycles. The molecule has 0 radical (unpaired) electrons. The summed E-state index contributed by atoms with van der Waals surface area (Å²) in [4.78, 5) is 3.91. The second-order valence-corrected chi connectivity index (χ2v) is 6.97. The molecule has 0 aromatic carbocycles. The third-order valence-electron chi connectivity index (χ3n) is 3.05. The Morgan fingerprint density at radius 3 is 2.76 bits per heavy atom. The number of aryl methyl sites for hydroxylation is 1. The largest absolute Gasteiger partial charge is 0.339 e. The van der Waals surface area contributed by atoms with E-state index in [1.807, 2.05) is 6.92 Å². The van der Waals surface area contributed by atoms with Gasteiger partial charge in [-0.15, -0.1) is 11.6 Å². The van der Waals surface area contributed by atoms with Gasteiger partial charge in [0.2, 0.25) is 0 Å². The van der Waals surface area contributed by atoms with Crippen molar-refractivity contribution in [2.24, 2.45) is 13.0 Å². The van der Waals surface area contributed by atoms with Crippen molar-refractivity contribution in [3.05, 3.63) is 12.5 Å². The molecule has 0 N–H and O–H groups in total. The molecule has 1 saturated heterocycles. The van der Waals surface area contributed by atoms with Crippen LogP contribution in [0.1, 0.15) is 13.3 Å². The van der Waals surface area contributed by atoms with Crippen molar-refractivity contribution in [2.45, 2.75) is 23.7 Å². The average molecular weight is 278 g/mol. The number of halogens is 1. The van der Waals surface area contributed by atoms with Crippen LogP contribution in [0.25, 0.3) is 0 Å². The Labute approximate surface area is 106 Å². The number of hydrogen-bond acceptors (Lipinski definition) is 3. The number of aromatic nitrogens is 2.